The minimum absolute atomic E-state index is 0.0655. The van der Waals surface area contributed by atoms with E-state index in [1.807, 2.05) is 41.1 Å². The number of anilines is 1. The van der Waals surface area contributed by atoms with Crippen molar-refractivity contribution in [2.75, 3.05) is 31.3 Å². The highest BCUT2D eigenvalue weighted by Crippen LogP contribution is 2.36. The van der Waals surface area contributed by atoms with Gasteiger partial charge in [0.05, 0.1) is 44.6 Å². The lowest BCUT2D eigenvalue weighted by Crippen LogP contribution is -2.33. The number of aryl methyl sites for hydroxylation is 1. The maximum absolute atomic E-state index is 13.1. The van der Waals surface area contributed by atoms with Crippen LogP contribution < -0.4 is 19.1 Å². The second-order valence-corrected chi connectivity index (χ2v) is 9.30. The van der Waals surface area contributed by atoms with Gasteiger partial charge in [0.25, 0.3) is 5.91 Å². The summed E-state index contributed by atoms with van der Waals surface area (Å²) in [4.78, 5) is 17.1. The Morgan fingerprint density at radius 2 is 1.82 bits per heavy atom. The van der Waals surface area contributed by atoms with Crippen LogP contribution >= 0.6 is 0 Å². The number of imidazole rings is 1. The molecule has 0 aliphatic heterocycles. The van der Waals surface area contributed by atoms with Gasteiger partial charge in [-0.2, -0.15) is 0 Å². The number of benzene rings is 2. The molecule has 0 atom stereocenters. The maximum Gasteiger partial charge on any atom is 0.253 e. The van der Waals surface area contributed by atoms with Crippen molar-refractivity contribution in [2.45, 2.75) is 19.5 Å². The molecule has 176 valence electrons. The molecule has 1 amide bonds. The third kappa shape index (κ3) is 6.26. The van der Waals surface area contributed by atoms with Crippen molar-refractivity contribution in [2.24, 2.45) is 0 Å². The first-order chi connectivity index (χ1) is 15.8. The molecule has 1 heterocycles. The van der Waals surface area contributed by atoms with Gasteiger partial charge in [0.2, 0.25) is 10.0 Å². The molecule has 9 nitrogen and oxygen atoms in total. The Labute approximate surface area is 194 Å². The Hall–Kier alpha value is -3.53. The molecule has 0 bridgehead atoms. The molecule has 0 aliphatic rings. The van der Waals surface area contributed by atoms with Gasteiger partial charge in [0, 0.05) is 31.5 Å². The van der Waals surface area contributed by atoms with Gasteiger partial charge in [0.15, 0.2) is 11.5 Å². The maximum atomic E-state index is 13.1. The fourth-order valence-corrected chi connectivity index (χ4v) is 4.26. The van der Waals surface area contributed by atoms with Crippen LogP contribution in [0.15, 0.2) is 61.2 Å². The summed E-state index contributed by atoms with van der Waals surface area (Å²) >= 11 is 0. The number of nitrogens with zero attached hydrogens (tertiary/aromatic N) is 3. The highest BCUT2D eigenvalue weighted by molar-refractivity contribution is 7.92. The van der Waals surface area contributed by atoms with Crippen molar-refractivity contribution in [1.82, 2.24) is 14.9 Å². The molecule has 1 aromatic heterocycles. The molecule has 3 aromatic rings. The molecule has 2 aromatic carbocycles. The summed E-state index contributed by atoms with van der Waals surface area (Å²) in [6.07, 6.45) is 7.05. The summed E-state index contributed by atoms with van der Waals surface area (Å²) in [5.74, 6) is 0.252. The summed E-state index contributed by atoms with van der Waals surface area (Å²) in [6, 6.07) is 12.2. The van der Waals surface area contributed by atoms with Gasteiger partial charge in [-0.15, -0.1) is 0 Å². The fourth-order valence-electron chi connectivity index (χ4n) is 3.36. The monoisotopic (exact) mass is 472 g/mol. The normalized spacial score (nSPS) is 11.1. The number of methoxy groups -OCH3 is 2. The summed E-state index contributed by atoms with van der Waals surface area (Å²) in [5, 5.41) is 2.87. The molecule has 0 spiro atoms. The Bertz CT molecular complexity index is 1170. The lowest BCUT2D eigenvalue weighted by atomic mass is 10.1. The Kier molecular flexibility index (Phi) is 7.94. The first kappa shape index (κ1) is 24.1. The fraction of sp³-hybridized carbons (Fsp3) is 0.304. The molecule has 10 heteroatoms. The van der Waals surface area contributed by atoms with E-state index in [0.29, 0.717) is 31.0 Å². The van der Waals surface area contributed by atoms with Crippen LogP contribution in [0.1, 0.15) is 22.3 Å². The second-order valence-electron chi connectivity index (χ2n) is 7.39. The van der Waals surface area contributed by atoms with Gasteiger partial charge in [0.1, 0.15) is 0 Å². The molecule has 1 N–H and O–H groups in total. The Morgan fingerprint density at radius 1 is 1.12 bits per heavy atom. The minimum atomic E-state index is -3.72. The van der Waals surface area contributed by atoms with E-state index in [9.17, 15) is 13.2 Å². The molecule has 0 fully saturated rings. The largest absolute Gasteiger partial charge is 0.493 e. The highest BCUT2D eigenvalue weighted by atomic mass is 32.2. The topological polar surface area (TPSA) is 103 Å². The first-order valence-corrected chi connectivity index (χ1v) is 12.2. The first-order valence-electron chi connectivity index (χ1n) is 10.3. The zero-order valence-electron chi connectivity index (χ0n) is 18.9. The average molecular weight is 473 g/mol. The summed E-state index contributed by atoms with van der Waals surface area (Å²) < 4.78 is 39.4. The van der Waals surface area contributed by atoms with E-state index in [0.717, 1.165) is 11.8 Å². The number of nitrogens with one attached hydrogen (secondary N) is 1. The summed E-state index contributed by atoms with van der Waals surface area (Å²) in [7, 11) is -0.806. The van der Waals surface area contributed by atoms with Crippen LogP contribution in [-0.4, -0.2) is 50.9 Å². The molecule has 0 aliphatic carbocycles. The number of rotatable bonds is 11. The molecule has 0 saturated carbocycles. The lowest BCUT2D eigenvalue weighted by Gasteiger charge is -2.26. The van der Waals surface area contributed by atoms with Crippen molar-refractivity contribution in [3.05, 3.63) is 72.3 Å². The Morgan fingerprint density at radius 3 is 2.42 bits per heavy atom. The number of carbonyl (C=O) groups is 1. The molecule has 33 heavy (non-hydrogen) atoms. The predicted octanol–water partition coefficient (Wildman–Crippen LogP) is 2.69. The van der Waals surface area contributed by atoms with Gasteiger partial charge in [-0.1, -0.05) is 30.3 Å². The number of ether oxygens (including phenoxy) is 2. The number of aromatic nitrogens is 2. The van der Waals surface area contributed by atoms with Crippen molar-refractivity contribution in [3.8, 4) is 11.5 Å². The minimum Gasteiger partial charge on any atom is -0.493 e. The smallest absolute Gasteiger partial charge is 0.253 e. The van der Waals surface area contributed by atoms with E-state index in [-0.39, 0.29) is 17.8 Å². The molecular weight excluding hydrogens is 444 g/mol. The van der Waals surface area contributed by atoms with E-state index >= 15 is 0 Å². The van der Waals surface area contributed by atoms with Gasteiger partial charge in [-0.05, 0) is 18.1 Å². The third-order valence-corrected chi connectivity index (χ3v) is 6.15. The molecular formula is C23H28N4O5S. The SMILES string of the molecule is COc1cc(C(=O)NCCCn2ccnc2)c(N(Cc2ccccc2)S(C)(=O)=O)cc1OC. The van der Waals surface area contributed by atoms with E-state index in [2.05, 4.69) is 10.3 Å². The quantitative estimate of drug-likeness (QED) is 0.431. The summed E-state index contributed by atoms with van der Waals surface area (Å²) in [5.41, 5.74) is 1.17. The van der Waals surface area contributed by atoms with Gasteiger partial charge < -0.3 is 19.4 Å². The number of carbonyl (C=O) groups excluding carboxylic acids is 1. The molecule has 0 saturated heterocycles. The number of sulfonamides is 1. The van der Waals surface area contributed by atoms with Crippen LogP contribution in [0.25, 0.3) is 0 Å². The highest BCUT2D eigenvalue weighted by Gasteiger charge is 2.26. The van der Waals surface area contributed by atoms with Crippen LogP contribution in [0, 0.1) is 0 Å². The number of hydrogen-bond acceptors (Lipinski definition) is 6. The van der Waals surface area contributed by atoms with Crippen molar-refractivity contribution < 1.29 is 22.7 Å². The van der Waals surface area contributed by atoms with Gasteiger partial charge >= 0.3 is 0 Å². The van der Waals surface area contributed by atoms with Gasteiger partial charge in [-0.25, -0.2) is 13.4 Å². The van der Waals surface area contributed by atoms with Crippen LogP contribution in [0.2, 0.25) is 0 Å². The van der Waals surface area contributed by atoms with Crippen molar-refractivity contribution in [3.63, 3.8) is 0 Å². The van der Waals surface area contributed by atoms with E-state index in [1.165, 1.54) is 30.7 Å². The standard InChI is InChI=1S/C23H28N4O5S/c1-31-21-14-19(23(28)25-10-7-12-26-13-11-24-17-26)20(15-22(21)32-2)27(33(3,29)30)16-18-8-5-4-6-9-18/h4-6,8-9,11,13-15,17H,7,10,12,16H2,1-3H3,(H,25,28). The van der Waals surface area contributed by atoms with E-state index in [4.69, 9.17) is 9.47 Å². The van der Waals surface area contributed by atoms with Crippen LogP contribution in [0.4, 0.5) is 5.69 Å². The van der Waals surface area contributed by atoms with E-state index in [1.54, 1.807) is 12.5 Å². The summed E-state index contributed by atoms with van der Waals surface area (Å²) in [6.45, 7) is 1.17. The number of amides is 1. The zero-order valence-corrected chi connectivity index (χ0v) is 19.7. The van der Waals surface area contributed by atoms with E-state index < -0.39 is 15.9 Å². The molecule has 0 unspecified atom stereocenters. The molecule has 3 rings (SSSR count). The van der Waals surface area contributed by atoms with Crippen LogP contribution in [0.5, 0.6) is 11.5 Å². The lowest BCUT2D eigenvalue weighted by molar-refractivity contribution is 0.0953. The average Bonchev–Trinajstić information content (AvgIpc) is 3.33. The number of hydrogen-bond donors (Lipinski definition) is 1. The predicted molar refractivity (Wildman–Crippen MR) is 126 cm³/mol. The molecule has 0 radical (unpaired) electrons. The van der Waals surface area contributed by atoms with Crippen LogP contribution in [-0.2, 0) is 23.1 Å². The van der Waals surface area contributed by atoms with Crippen LogP contribution in [0.3, 0.4) is 0 Å². The van der Waals surface area contributed by atoms with Crippen molar-refractivity contribution in [1.29, 1.82) is 0 Å². The third-order valence-electron chi connectivity index (χ3n) is 5.02. The van der Waals surface area contributed by atoms with Gasteiger partial charge in [-0.3, -0.25) is 9.10 Å². The Balaban J connectivity index is 1.92. The zero-order chi connectivity index (χ0) is 23.8. The van der Waals surface area contributed by atoms with Crippen molar-refractivity contribution >= 4 is 21.6 Å². The second kappa shape index (κ2) is 10.9.